The lowest BCUT2D eigenvalue weighted by Gasteiger charge is -2.08. The number of anilines is 1. The molecule has 1 fully saturated rings. The van der Waals surface area contributed by atoms with Crippen molar-refractivity contribution >= 4 is 34.8 Å². The van der Waals surface area contributed by atoms with Gasteiger partial charge in [-0.05, 0) is 31.0 Å². The second-order valence-corrected chi connectivity index (χ2v) is 6.65. The minimum absolute atomic E-state index is 0.000119. The lowest BCUT2D eigenvalue weighted by atomic mass is 10.1. The quantitative estimate of drug-likeness (QED) is 0.403. The summed E-state index contributed by atoms with van der Waals surface area (Å²) in [5.41, 5.74) is -0.237. The predicted octanol–water partition coefficient (Wildman–Crippen LogP) is 2.40. The van der Waals surface area contributed by atoms with Gasteiger partial charge in [0, 0.05) is 30.5 Å². The summed E-state index contributed by atoms with van der Waals surface area (Å²) >= 11 is 6.28. The van der Waals surface area contributed by atoms with E-state index in [4.69, 9.17) is 16.9 Å². The van der Waals surface area contributed by atoms with E-state index in [-0.39, 0.29) is 39.3 Å². The highest BCUT2D eigenvalue weighted by molar-refractivity contribution is 6.49. The largest absolute Gasteiger partial charge is 0.410 e. The molecule has 3 N–H and O–H groups in total. The van der Waals surface area contributed by atoms with E-state index < -0.39 is 17.6 Å². The predicted molar refractivity (Wildman–Crippen MR) is 99.0 cm³/mol. The fourth-order valence-electron chi connectivity index (χ4n) is 2.60. The zero-order valence-electron chi connectivity index (χ0n) is 14.7. The maximum absolute atomic E-state index is 13.4. The Balaban J connectivity index is 1.87. The van der Waals surface area contributed by atoms with Gasteiger partial charge in [0.25, 0.3) is 11.8 Å². The molecule has 8 nitrogen and oxygen atoms in total. The van der Waals surface area contributed by atoms with Gasteiger partial charge in [-0.2, -0.15) is 5.26 Å². The molecule has 0 unspecified atom stereocenters. The number of benzene rings is 1. The van der Waals surface area contributed by atoms with Crippen molar-refractivity contribution in [2.75, 3.05) is 5.32 Å². The number of rotatable bonds is 5. The number of nitrogens with one attached hydrogen (secondary N) is 2. The number of nitriles is 1. The molecule has 0 radical (unpaired) electrons. The average Bonchev–Trinajstić information content (AvgIpc) is 3.41. The smallest absolute Gasteiger partial charge is 0.274 e. The third-order valence-electron chi connectivity index (χ3n) is 4.16. The van der Waals surface area contributed by atoms with E-state index >= 15 is 0 Å². The second kappa shape index (κ2) is 7.70. The van der Waals surface area contributed by atoms with Gasteiger partial charge in [0.1, 0.15) is 17.6 Å². The molecule has 2 aromatic rings. The lowest BCUT2D eigenvalue weighted by molar-refractivity contribution is -0.115. The van der Waals surface area contributed by atoms with E-state index in [1.54, 1.807) is 6.07 Å². The minimum atomic E-state index is -0.704. The van der Waals surface area contributed by atoms with Gasteiger partial charge in [-0.1, -0.05) is 16.8 Å². The molecule has 0 atom stereocenters. The Morgan fingerprint density at radius 1 is 1.43 bits per heavy atom. The minimum Gasteiger partial charge on any atom is -0.410 e. The van der Waals surface area contributed by atoms with Crippen LogP contribution in [-0.4, -0.2) is 33.3 Å². The molecule has 10 heteroatoms. The molecule has 1 aliphatic carbocycles. The topological polar surface area (TPSA) is 120 Å². The molecule has 2 amide bonds. The van der Waals surface area contributed by atoms with Crippen molar-refractivity contribution in [2.24, 2.45) is 12.2 Å². The number of nitrogens with zero attached hydrogens (tertiary/aromatic N) is 3. The van der Waals surface area contributed by atoms with Crippen molar-refractivity contribution in [1.29, 1.82) is 5.26 Å². The van der Waals surface area contributed by atoms with Crippen LogP contribution in [0.4, 0.5) is 10.1 Å². The number of aryl methyl sites for hydroxylation is 1. The average molecular weight is 404 g/mol. The number of hydrogen-bond donors (Lipinski definition) is 3. The fourth-order valence-corrected chi connectivity index (χ4v) is 2.96. The number of hydrogen-bond acceptors (Lipinski definition) is 5. The summed E-state index contributed by atoms with van der Waals surface area (Å²) in [4.78, 5) is 24.9. The van der Waals surface area contributed by atoms with Crippen LogP contribution in [0.5, 0.6) is 0 Å². The van der Waals surface area contributed by atoms with Gasteiger partial charge in [-0.15, -0.1) is 0 Å². The van der Waals surface area contributed by atoms with E-state index in [1.165, 1.54) is 29.9 Å². The zero-order valence-corrected chi connectivity index (χ0v) is 15.4. The molecule has 0 aliphatic heterocycles. The van der Waals surface area contributed by atoms with E-state index in [1.807, 2.05) is 0 Å². The summed E-state index contributed by atoms with van der Waals surface area (Å²) in [6, 6.07) is 5.28. The second-order valence-electron chi connectivity index (χ2n) is 6.27. The van der Waals surface area contributed by atoms with Gasteiger partial charge >= 0.3 is 0 Å². The number of oxime groups is 1. The Hall–Kier alpha value is -3.38. The summed E-state index contributed by atoms with van der Waals surface area (Å²) in [6.07, 6.45) is 3.09. The molecule has 0 bridgehead atoms. The monoisotopic (exact) mass is 403 g/mol. The van der Waals surface area contributed by atoms with E-state index in [9.17, 15) is 19.2 Å². The summed E-state index contributed by atoms with van der Waals surface area (Å²) < 4.78 is 14.8. The number of amides is 2. The molecule has 1 aromatic heterocycles. The third-order valence-corrected chi connectivity index (χ3v) is 4.54. The van der Waals surface area contributed by atoms with Crippen LogP contribution in [0.25, 0.3) is 0 Å². The standard InChI is InChI=1S/C18H15ClFN5O3/c1-25-8-12(15(24-28)17(26)22-10-2-3-10)14(19)16(25)18(27)23-11-4-5-13(20)9(6-11)7-21/h4-6,8,10,28H,2-3H2,1H3,(H,22,26)(H,23,27)/b24-15-. The van der Waals surface area contributed by atoms with Crippen molar-refractivity contribution in [3.63, 3.8) is 0 Å². The van der Waals surface area contributed by atoms with Gasteiger partial charge in [-0.25, -0.2) is 4.39 Å². The fraction of sp³-hybridized carbons (Fsp3) is 0.222. The molecule has 1 aliphatic rings. The molecule has 1 saturated carbocycles. The summed E-state index contributed by atoms with van der Waals surface area (Å²) in [7, 11) is 1.53. The molecule has 0 saturated heterocycles. The van der Waals surface area contributed by atoms with Crippen LogP contribution in [-0.2, 0) is 11.8 Å². The third kappa shape index (κ3) is 3.82. The zero-order chi connectivity index (χ0) is 20.4. The van der Waals surface area contributed by atoms with Gasteiger partial charge in [0.05, 0.1) is 10.6 Å². The number of halogens is 2. The van der Waals surface area contributed by atoms with Gasteiger partial charge < -0.3 is 20.4 Å². The van der Waals surface area contributed by atoms with E-state index in [2.05, 4.69) is 15.8 Å². The van der Waals surface area contributed by atoms with Crippen molar-refractivity contribution in [3.05, 3.63) is 52.1 Å². The molecule has 3 rings (SSSR count). The molecule has 0 spiro atoms. The summed E-state index contributed by atoms with van der Waals surface area (Å²) in [5.74, 6) is -1.94. The van der Waals surface area contributed by atoms with Gasteiger partial charge in [-0.3, -0.25) is 9.59 Å². The van der Waals surface area contributed by atoms with Crippen molar-refractivity contribution in [3.8, 4) is 6.07 Å². The molecule has 28 heavy (non-hydrogen) atoms. The van der Waals surface area contributed by atoms with Crippen molar-refractivity contribution < 1.29 is 19.2 Å². The SMILES string of the molecule is Cn1cc(/C(=N/O)C(=O)NC2CC2)c(Cl)c1C(=O)Nc1ccc(F)c(C#N)c1. The molecule has 1 aromatic carbocycles. The van der Waals surface area contributed by atoms with Crippen LogP contribution in [0.1, 0.15) is 34.5 Å². The maximum Gasteiger partial charge on any atom is 0.274 e. The van der Waals surface area contributed by atoms with Crippen LogP contribution >= 0.6 is 11.6 Å². The van der Waals surface area contributed by atoms with Gasteiger partial charge in [0.2, 0.25) is 0 Å². The van der Waals surface area contributed by atoms with Crippen LogP contribution < -0.4 is 10.6 Å². The van der Waals surface area contributed by atoms with Gasteiger partial charge in [0.15, 0.2) is 5.71 Å². The van der Waals surface area contributed by atoms with Crippen molar-refractivity contribution in [2.45, 2.75) is 18.9 Å². The molecular formula is C18H15ClFN5O3. The maximum atomic E-state index is 13.4. The Kier molecular flexibility index (Phi) is 5.33. The normalized spacial score (nSPS) is 13.7. The molecule has 1 heterocycles. The Morgan fingerprint density at radius 3 is 2.75 bits per heavy atom. The first kappa shape index (κ1) is 19.4. The number of aromatic nitrogens is 1. The Labute approximate surface area is 164 Å². The first-order valence-corrected chi connectivity index (χ1v) is 8.62. The van der Waals surface area contributed by atoms with Crippen molar-refractivity contribution in [1.82, 2.24) is 9.88 Å². The highest BCUT2D eigenvalue weighted by atomic mass is 35.5. The lowest BCUT2D eigenvalue weighted by Crippen LogP contribution is -2.33. The van der Waals surface area contributed by atoms with Crippen LogP contribution in [0.15, 0.2) is 29.6 Å². The Morgan fingerprint density at radius 2 is 2.14 bits per heavy atom. The highest BCUT2D eigenvalue weighted by Crippen LogP contribution is 2.26. The number of carbonyl (C=O) groups is 2. The van der Waals surface area contributed by atoms with Crippen LogP contribution in [0, 0.1) is 17.1 Å². The summed E-state index contributed by atoms with van der Waals surface area (Å²) in [6.45, 7) is 0. The van der Waals surface area contributed by atoms with E-state index in [0.717, 1.165) is 18.9 Å². The summed E-state index contributed by atoms with van der Waals surface area (Å²) in [5, 5.41) is 26.3. The molecular weight excluding hydrogens is 389 g/mol. The van der Waals surface area contributed by atoms with E-state index in [0.29, 0.717) is 0 Å². The molecule has 144 valence electrons. The first-order chi connectivity index (χ1) is 13.3. The van der Waals surface area contributed by atoms with Crippen LogP contribution in [0.2, 0.25) is 5.02 Å². The first-order valence-electron chi connectivity index (χ1n) is 8.24. The number of carbonyl (C=O) groups excluding carboxylic acids is 2. The van der Waals surface area contributed by atoms with Crippen LogP contribution in [0.3, 0.4) is 0 Å². The highest BCUT2D eigenvalue weighted by Gasteiger charge is 2.30. The Bertz CT molecular complexity index is 1040.